The molecule has 0 heterocycles. The largest absolute Gasteiger partial charge is 0.316 e. The molecule has 2 rings (SSSR count). The van der Waals surface area contributed by atoms with Crippen LogP contribution in [0, 0.1) is 0 Å². The Bertz CT molecular complexity index is 337. The molecule has 1 aromatic carbocycles. The van der Waals surface area contributed by atoms with Crippen molar-refractivity contribution in [2.75, 3.05) is 19.6 Å². The molecule has 17 heavy (non-hydrogen) atoms. The molecule has 2 nitrogen and oxygen atoms in total. The monoisotopic (exact) mass is 252 g/mol. The van der Waals surface area contributed by atoms with E-state index >= 15 is 0 Å². The predicted molar refractivity (Wildman–Crippen MR) is 73.7 cm³/mol. The van der Waals surface area contributed by atoms with Crippen molar-refractivity contribution in [3.8, 4) is 0 Å². The smallest absolute Gasteiger partial charge is 0.0438 e. The zero-order chi connectivity index (χ0) is 11.9. The highest BCUT2D eigenvalue weighted by molar-refractivity contribution is 6.31. The highest BCUT2D eigenvalue weighted by Crippen LogP contribution is 2.18. The van der Waals surface area contributed by atoms with E-state index in [1.165, 1.54) is 24.8 Å². The van der Waals surface area contributed by atoms with Gasteiger partial charge in [0.1, 0.15) is 0 Å². The van der Waals surface area contributed by atoms with E-state index in [2.05, 4.69) is 16.7 Å². The van der Waals surface area contributed by atoms with Crippen LogP contribution in [0.4, 0.5) is 0 Å². The van der Waals surface area contributed by atoms with E-state index in [0.29, 0.717) is 0 Å². The van der Waals surface area contributed by atoms with Crippen molar-refractivity contribution in [2.24, 2.45) is 0 Å². The first-order chi connectivity index (χ1) is 8.36. The maximum Gasteiger partial charge on any atom is 0.0438 e. The van der Waals surface area contributed by atoms with Gasteiger partial charge in [-0.05, 0) is 56.9 Å². The zero-order valence-electron chi connectivity index (χ0n) is 10.2. The summed E-state index contributed by atoms with van der Waals surface area (Å²) in [6, 6.07) is 8.90. The SMILES string of the molecule is Clc1ccccc1CCNCCCNC1CC1. The van der Waals surface area contributed by atoms with Crippen molar-refractivity contribution >= 4 is 11.6 Å². The third-order valence-corrected chi connectivity index (χ3v) is 3.44. The molecule has 0 amide bonds. The van der Waals surface area contributed by atoms with Crippen LogP contribution < -0.4 is 10.6 Å². The van der Waals surface area contributed by atoms with Gasteiger partial charge in [-0.3, -0.25) is 0 Å². The average Bonchev–Trinajstić information content (AvgIpc) is 3.14. The van der Waals surface area contributed by atoms with Crippen LogP contribution in [0.2, 0.25) is 5.02 Å². The lowest BCUT2D eigenvalue weighted by Gasteiger charge is -2.06. The van der Waals surface area contributed by atoms with Crippen molar-refractivity contribution in [3.05, 3.63) is 34.9 Å². The summed E-state index contributed by atoms with van der Waals surface area (Å²) in [7, 11) is 0. The fourth-order valence-corrected chi connectivity index (χ4v) is 2.09. The molecule has 1 aromatic rings. The Labute approximate surface area is 109 Å². The third-order valence-electron chi connectivity index (χ3n) is 3.07. The summed E-state index contributed by atoms with van der Waals surface area (Å²) in [6.07, 6.45) is 4.97. The van der Waals surface area contributed by atoms with E-state index in [9.17, 15) is 0 Å². The summed E-state index contributed by atoms with van der Waals surface area (Å²) < 4.78 is 0. The van der Waals surface area contributed by atoms with Crippen molar-refractivity contribution in [2.45, 2.75) is 31.7 Å². The molecule has 0 atom stereocenters. The van der Waals surface area contributed by atoms with Crippen LogP contribution in [0.25, 0.3) is 0 Å². The van der Waals surface area contributed by atoms with Crippen molar-refractivity contribution in [1.82, 2.24) is 10.6 Å². The Morgan fingerprint density at radius 1 is 1.12 bits per heavy atom. The lowest BCUT2D eigenvalue weighted by molar-refractivity contribution is 0.594. The van der Waals surface area contributed by atoms with Gasteiger partial charge < -0.3 is 10.6 Å². The molecule has 0 spiro atoms. The van der Waals surface area contributed by atoms with Gasteiger partial charge >= 0.3 is 0 Å². The lowest BCUT2D eigenvalue weighted by Crippen LogP contribution is -2.24. The van der Waals surface area contributed by atoms with E-state index in [0.717, 1.165) is 37.1 Å². The molecular formula is C14H21ClN2. The van der Waals surface area contributed by atoms with Crippen molar-refractivity contribution in [1.29, 1.82) is 0 Å². The Morgan fingerprint density at radius 2 is 1.94 bits per heavy atom. The van der Waals surface area contributed by atoms with Crippen LogP contribution in [-0.4, -0.2) is 25.7 Å². The van der Waals surface area contributed by atoms with Gasteiger partial charge in [-0.2, -0.15) is 0 Å². The number of hydrogen-bond donors (Lipinski definition) is 2. The van der Waals surface area contributed by atoms with Gasteiger partial charge in [0.2, 0.25) is 0 Å². The zero-order valence-corrected chi connectivity index (χ0v) is 11.0. The van der Waals surface area contributed by atoms with Crippen LogP contribution in [0.5, 0.6) is 0 Å². The summed E-state index contributed by atoms with van der Waals surface area (Å²) in [5, 5.41) is 7.85. The Kier molecular flexibility index (Phi) is 5.30. The Hall–Kier alpha value is -0.570. The quantitative estimate of drug-likeness (QED) is 0.695. The summed E-state index contributed by atoms with van der Waals surface area (Å²) in [6.45, 7) is 3.24. The fraction of sp³-hybridized carbons (Fsp3) is 0.571. The Balaban J connectivity index is 1.49. The first-order valence-electron chi connectivity index (χ1n) is 6.54. The molecule has 1 aliphatic rings. The van der Waals surface area contributed by atoms with Gasteiger partial charge in [0.25, 0.3) is 0 Å². The van der Waals surface area contributed by atoms with E-state index in [-0.39, 0.29) is 0 Å². The topological polar surface area (TPSA) is 24.1 Å². The molecule has 1 aliphatic carbocycles. The molecule has 94 valence electrons. The van der Waals surface area contributed by atoms with Crippen LogP contribution in [0.3, 0.4) is 0 Å². The summed E-state index contributed by atoms with van der Waals surface area (Å²) >= 11 is 6.09. The number of halogens is 1. The minimum Gasteiger partial charge on any atom is -0.316 e. The maximum atomic E-state index is 6.09. The number of hydrogen-bond acceptors (Lipinski definition) is 2. The second-order valence-corrected chi connectivity index (χ2v) is 5.08. The van der Waals surface area contributed by atoms with E-state index < -0.39 is 0 Å². The first-order valence-corrected chi connectivity index (χ1v) is 6.91. The van der Waals surface area contributed by atoms with Gasteiger partial charge in [-0.1, -0.05) is 29.8 Å². The molecule has 0 aromatic heterocycles. The van der Waals surface area contributed by atoms with Crippen LogP contribution >= 0.6 is 11.6 Å². The second kappa shape index (κ2) is 7.00. The molecule has 3 heteroatoms. The molecule has 2 N–H and O–H groups in total. The highest BCUT2D eigenvalue weighted by atomic mass is 35.5. The average molecular weight is 253 g/mol. The maximum absolute atomic E-state index is 6.09. The first kappa shape index (κ1) is 12.9. The molecule has 0 radical (unpaired) electrons. The fourth-order valence-electron chi connectivity index (χ4n) is 1.86. The lowest BCUT2D eigenvalue weighted by atomic mass is 10.1. The van der Waals surface area contributed by atoms with Gasteiger partial charge in [0.15, 0.2) is 0 Å². The highest BCUT2D eigenvalue weighted by Gasteiger charge is 2.19. The van der Waals surface area contributed by atoms with E-state index in [1.807, 2.05) is 18.2 Å². The van der Waals surface area contributed by atoms with Gasteiger partial charge in [-0.15, -0.1) is 0 Å². The molecule has 1 saturated carbocycles. The van der Waals surface area contributed by atoms with Crippen LogP contribution in [0.1, 0.15) is 24.8 Å². The normalized spacial score (nSPS) is 15.1. The number of nitrogens with one attached hydrogen (secondary N) is 2. The predicted octanol–water partition coefficient (Wildman–Crippen LogP) is 2.61. The minimum atomic E-state index is 0.832. The van der Waals surface area contributed by atoms with Gasteiger partial charge in [0, 0.05) is 11.1 Å². The van der Waals surface area contributed by atoms with Gasteiger partial charge in [-0.25, -0.2) is 0 Å². The van der Waals surface area contributed by atoms with E-state index in [4.69, 9.17) is 11.6 Å². The van der Waals surface area contributed by atoms with E-state index in [1.54, 1.807) is 0 Å². The standard InChI is InChI=1S/C14H21ClN2/c15-14-5-2-1-4-12(14)8-11-16-9-3-10-17-13-6-7-13/h1-2,4-5,13,16-17H,3,6-11H2. The molecule has 0 aliphatic heterocycles. The van der Waals surface area contributed by atoms with Crippen molar-refractivity contribution < 1.29 is 0 Å². The number of rotatable bonds is 8. The molecule has 0 bridgehead atoms. The van der Waals surface area contributed by atoms with Gasteiger partial charge in [0.05, 0.1) is 0 Å². The van der Waals surface area contributed by atoms with Crippen molar-refractivity contribution in [3.63, 3.8) is 0 Å². The Morgan fingerprint density at radius 3 is 2.71 bits per heavy atom. The second-order valence-electron chi connectivity index (χ2n) is 4.67. The summed E-state index contributed by atoms with van der Waals surface area (Å²) in [5.41, 5.74) is 1.23. The molecule has 0 unspecified atom stereocenters. The molecule has 0 saturated heterocycles. The number of benzene rings is 1. The summed E-state index contributed by atoms with van der Waals surface area (Å²) in [4.78, 5) is 0. The van der Waals surface area contributed by atoms with Crippen LogP contribution in [-0.2, 0) is 6.42 Å². The minimum absolute atomic E-state index is 0.832. The molecule has 1 fully saturated rings. The summed E-state index contributed by atoms with van der Waals surface area (Å²) in [5.74, 6) is 0. The molecular weight excluding hydrogens is 232 g/mol. The third kappa shape index (κ3) is 5.07. The van der Waals surface area contributed by atoms with Crippen LogP contribution in [0.15, 0.2) is 24.3 Å².